The van der Waals surface area contributed by atoms with Crippen molar-refractivity contribution in [1.82, 2.24) is 0 Å². The summed E-state index contributed by atoms with van der Waals surface area (Å²) in [4.78, 5) is 27.0. The number of amides is 1. The van der Waals surface area contributed by atoms with Crippen LogP contribution in [-0.4, -0.2) is 31.1 Å². The molecule has 0 fully saturated rings. The number of fused-ring (bicyclic) bond motifs is 1. The Hall–Kier alpha value is -2.82. The standard InChI is InChI=1S/C21H23NO4/c1-13-9-10-17(12-19(13)25-4)21(24)26-15(3)20(23)22-14(2)11-16-7-5-6-8-18(16)22/h5-10,12,14-15H,11H2,1-4H3/t14-,15-/m0/s1. The van der Waals surface area contributed by atoms with Gasteiger partial charge in [-0.25, -0.2) is 4.79 Å². The molecule has 3 rings (SSSR count). The number of anilines is 1. The molecule has 0 unspecified atom stereocenters. The molecule has 2 atom stereocenters. The van der Waals surface area contributed by atoms with Gasteiger partial charge in [-0.1, -0.05) is 24.3 Å². The van der Waals surface area contributed by atoms with E-state index in [2.05, 4.69) is 0 Å². The number of hydrogen-bond donors (Lipinski definition) is 0. The highest BCUT2D eigenvalue weighted by Crippen LogP contribution is 2.32. The molecule has 2 aromatic rings. The van der Waals surface area contributed by atoms with Crippen molar-refractivity contribution >= 4 is 17.6 Å². The number of ether oxygens (including phenoxy) is 2. The number of hydrogen-bond acceptors (Lipinski definition) is 4. The number of carbonyl (C=O) groups is 2. The third-order valence-electron chi connectivity index (χ3n) is 4.72. The minimum Gasteiger partial charge on any atom is -0.496 e. The van der Waals surface area contributed by atoms with Gasteiger partial charge in [0.2, 0.25) is 0 Å². The van der Waals surface area contributed by atoms with Crippen molar-refractivity contribution in [3.05, 3.63) is 59.2 Å². The first-order valence-electron chi connectivity index (χ1n) is 8.69. The Balaban J connectivity index is 1.74. The number of methoxy groups -OCH3 is 1. The summed E-state index contributed by atoms with van der Waals surface area (Å²) >= 11 is 0. The van der Waals surface area contributed by atoms with E-state index in [1.54, 1.807) is 37.1 Å². The largest absolute Gasteiger partial charge is 0.496 e. The zero-order valence-electron chi connectivity index (χ0n) is 15.5. The van der Waals surface area contributed by atoms with Crippen molar-refractivity contribution < 1.29 is 19.1 Å². The minimum absolute atomic E-state index is 0.0421. The smallest absolute Gasteiger partial charge is 0.339 e. The highest BCUT2D eigenvalue weighted by Gasteiger charge is 2.34. The van der Waals surface area contributed by atoms with Gasteiger partial charge in [0.1, 0.15) is 5.75 Å². The van der Waals surface area contributed by atoms with Gasteiger partial charge >= 0.3 is 5.97 Å². The van der Waals surface area contributed by atoms with Crippen LogP contribution in [0.25, 0.3) is 0 Å². The molecule has 0 aromatic heterocycles. The van der Waals surface area contributed by atoms with Crippen LogP contribution in [0.1, 0.15) is 35.3 Å². The topological polar surface area (TPSA) is 55.8 Å². The lowest BCUT2D eigenvalue weighted by Gasteiger charge is -2.26. The molecule has 0 aliphatic carbocycles. The lowest BCUT2D eigenvalue weighted by atomic mass is 10.1. The second-order valence-electron chi connectivity index (χ2n) is 6.62. The van der Waals surface area contributed by atoms with Crippen LogP contribution < -0.4 is 9.64 Å². The van der Waals surface area contributed by atoms with E-state index >= 15 is 0 Å². The first kappa shape index (κ1) is 18.0. The second kappa shape index (κ2) is 7.20. The highest BCUT2D eigenvalue weighted by atomic mass is 16.5. The fourth-order valence-corrected chi connectivity index (χ4v) is 3.32. The molecule has 1 amide bonds. The van der Waals surface area contributed by atoms with Crippen molar-refractivity contribution in [2.24, 2.45) is 0 Å². The molecule has 5 heteroatoms. The van der Waals surface area contributed by atoms with Crippen LogP contribution in [0.4, 0.5) is 5.69 Å². The molecule has 0 saturated carbocycles. The zero-order chi connectivity index (χ0) is 18.8. The minimum atomic E-state index is -0.872. The van der Waals surface area contributed by atoms with Crippen molar-refractivity contribution in [2.75, 3.05) is 12.0 Å². The summed E-state index contributed by atoms with van der Waals surface area (Å²) in [5.74, 6) is -0.139. The molecular formula is C21H23NO4. The van der Waals surface area contributed by atoms with Crippen LogP contribution in [-0.2, 0) is 16.0 Å². The van der Waals surface area contributed by atoms with E-state index in [1.807, 2.05) is 38.1 Å². The van der Waals surface area contributed by atoms with E-state index in [0.717, 1.165) is 23.2 Å². The van der Waals surface area contributed by atoms with Crippen LogP contribution in [0, 0.1) is 6.92 Å². The SMILES string of the molecule is COc1cc(C(=O)O[C@@H](C)C(=O)N2c3ccccc3C[C@@H]2C)ccc1C. The van der Waals surface area contributed by atoms with Gasteiger partial charge in [-0.15, -0.1) is 0 Å². The second-order valence-corrected chi connectivity index (χ2v) is 6.62. The summed E-state index contributed by atoms with van der Waals surface area (Å²) in [5, 5.41) is 0. The molecule has 1 aliphatic rings. The fourth-order valence-electron chi connectivity index (χ4n) is 3.32. The lowest BCUT2D eigenvalue weighted by molar-refractivity contribution is -0.126. The van der Waals surface area contributed by atoms with E-state index in [0.29, 0.717) is 11.3 Å². The third-order valence-corrected chi connectivity index (χ3v) is 4.72. The predicted octanol–water partition coefficient (Wildman–Crippen LogP) is 3.53. The quantitative estimate of drug-likeness (QED) is 0.789. The molecule has 2 aromatic carbocycles. The van der Waals surface area contributed by atoms with Gasteiger partial charge in [0.25, 0.3) is 5.91 Å². The van der Waals surface area contributed by atoms with E-state index in [1.165, 1.54) is 0 Å². The number of carbonyl (C=O) groups excluding carboxylic acids is 2. The Morgan fingerprint density at radius 1 is 1.19 bits per heavy atom. The third kappa shape index (κ3) is 3.29. The van der Waals surface area contributed by atoms with Crippen molar-refractivity contribution in [3.8, 4) is 5.75 Å². The van der Waals surface area contributed by atoms with Gasteiger partial charge in [-0.2, -0.15) is 0 Å². The summed E-state index contributed by atoms with van der Waals surface area (Å²) in [6, 6.07) is 13.0. The van der Waals surface area contributed by atoms with Gasteiger partial charge in [0, 0.05) is 11.7 Å². The molecule has 0 bridgehead atoms. The van der Waals surface area contributed by atoms with Crippen molar-refractivity contribution in [2.45, 2.75) is 39.3 Å². The maximum absolute atomic E-state index is 12.9. The lowest BCUT2D eigenvalue weighted by Crippen LogP contribution is -2.43. The van der Waals surface area contributed by atoms with Crippen molar-refractivity contribution in [1.29, 1.82) is 0 Å². The summed E-state index contributed by atoms with van der Waals surface area (Å²) in [6.07, 6.45) is -0.0685. The number of esters is 1. The van der Waals surface area contributed by atoms with Gasteiger partial charge in [0.15, 0.2) is 6.10 Å². The summed E-state index contributed by atoms with van der Waals surface area (Å²) < 4.78 is 10.7. The first-order chi connectivity index (χ1) is 12.4. The Kier molecular flexibility index (Phi) is 4.98. The molecule has 136 valence electrons. The van der Waals surface area contributed by atoms with E-state index < -0.39 is 12.1 Å². The highest BCUT2D eigenvalue weighted by molar-refractivity contribution is 6.01. The van der Waals surface area contributed by atoms with Crippen LogP contribution in [0.3, 0.4) is 0 Å². The molecule has 1 heterocycles. The van der Waals surface area contributed by atoms with Crippen molar-refractivity contribution in [3.63, 3.8) is 0 Å². The van der Waals surface area contributed by atoms with Crippen LogP contribution >= 0.6 is 0 Å². The summed E-state index contributed by atoms with van der Waals surface area (Å²) in [5.41, 5.74) is 3.32. The average Bonchev–Trinajstić information content (AvgIpc) is 2.96. The molecule has 0 saturated heterocycles. The van der Waals surface area contributed by atoms with E-state index in [4.69, 9.17) is 9.47 Å². The average molecular weight is 353 g/mol. The summed E-state index contributed by atoms with van der Waals surface area (Å²) in [6.45, 7) is 5.50. The Morgan fingerprint density at radius 2 is 1.92 bits per heavy atom. The number of rotatable bonds is 4. The molecule has 0 spiro atoms. The number of nitrogens with zero attached hydrogens (tertiary/aromatic N) is 1. The van der Waals surface area contributed by atoms with Gasteiger partial charge in [0.05, 0.1) is 12.7 Å². The maximum atomic E-state index is 12.9. The first-order valence-corrected chi connectivity index (χ1v) is 8.69. The predicted molar refractivity (Wildman–Crippen MR) is 99.7 cm³/mol. The van der Waals surface area contributed by atoms with Gasteiger partial charge < -0.3 is 14.4 Å². The zero-order valence-corrected chi connectivity index (χ0v) is 15.5. The Labute approximate surface area is 153 Å². The van der Waals surface area contributed by atoms with E-state index in [9.17, 15) is 9.59 Å². The van der Waals surface area contributed by atoms with Crippen LogP contribution in [0.15, 0.2) is 42.5 Å². The monoisotopic (exact) mass is 353 g/mol. The molecule has 5 nitrogen and oxygen atoms in total. The molecule has 0 radical (unpaired) electrons. The molecule has 26 heavy (non-hydrogen) atoms. The number of aryl methyl sites for hydroxylation is 1. The molecule has 0 N–H and O–H groups in total. The van der Waals surface area contributed by atoms with Gasteiger partial charge in [-0.3, -0.25) is 4.79 Å². The molecular weight excluding hydrogens is 330 g/mol. The normalized spacial score (nSPS) is 16.8. The van der Waals surface area contributed by atoms with Gasteiger partial charge in [-0.05, 0) is 56.5 Å². The number of para-hydroxylation sites is 1. The van der Waals surface area contributed by atoms with E-state index in [-0.39, 0.29) is 11.9 Å². The fraction of sp³-hybridized carbons (Fsp3) is 0.333. The molecule has 1 aliphatic heterocycles. The number of benzene rings is 2. The summed E-state index contributed by atoms with van der Waals surface area (Å²) in [7, 11) is 1.55. The maximum Gasteiger partial charge on any atom is 0.339 e. The van der Waals surface area contributed by atoms with Crippen LogP contribution in [0.5, 0.6) is 5.75 Å². The van der Waals surface area contributed by atoms with Crippen LogP contribution in [0.2, 0.25) is 0 Å². The Bertz CT molecular complexity index is 846. The Morgan fingerprint density at radius 3 is 2.65 bits per heavy atom.